The molecule has 2 rings (SSSR count). The number of carbonyl (C=O) groups is 1. The highest BCUT2D eigenvalue weighted by atomic mass is 19.1. The Morgan fingerprint density at radius 3 is 2.50 bits per heavy atom. The number of nitrogens with two attached hydrogens (primary N) is 1. The normalized spacial score (nSPS) is 11.8. The first-order valence-electron chi connectivity index (χ1n) is 7.39. The van der Waals surface area contributed by atoms with Crippen LogP contribution in [0.3, 0.4) is 0 Å². The molecule has 0 aliphatic heterocycles. The molecular formula is C17H18FN3O3. The summed E-state index contributed by atoms with van der Waals surface area (Å²) in [4.78, 5) is 21.9. The van der Waals surface area contributed by atoms with E-state index in [1.165, 1.54) is 24.3 Å². The molecule has 0 bridgehead atoms. The summed E-state index contributed by atoms with van der Waals surface area (Å²) in [5.74, 6) is -1.29. The van der Waals surface area contributed by atoms with Crippen molar-refractivity contribution in [3.63, 3.8) is 0 Å². The van der Waals surface area contributed by atoms with Crippen molar-refractivity contribution in [3.8, 4) is 0 Å². The second-order valence-corrected chi connectivity index (χ2v) is 5.57. The summed E-state index contributed by atoms with van der Waals surface area (Å²) >= 11 is 0. The van der Waals surface area contributed by atoms with Crippen LogP contribution in [0.4, 0.5) is 15.8 Å². The van der Waals surface area contributed by atoms with Gasteiger partial charge in [0.05, 0.1) is 10.8 Å². The Morgan fingerprint density at radius 2 is 1.96 bits per heavy atom. The van der Waals surface area contributed by atoms with Crippen LogP contribution in [0.15, 0.2) is 42.5 Å². The fourth-order valence-electron chi connectivity index (χ4n) is 2.37. The van der Waals surface area contributed by atoms with E-state index in [9.17, 15) is 19.3 Å². The maximum Gasteiger partial charge on any atom is 0.269 e. The number of hydrogen-bond acceptors (Lipinski definition) is 4. The molecule has 7 heteroatoms. The molecule has 0 spiro atoms. The molecule has 0 fully saturated rings. The first-order valence-corrected chi connectivity index (χ1v) is 7.39. The van der Waals surface area contributed by atoms with Crippen molar-refractivity contribution >= 4 is 17.3 Å². The second kappa shape index (κ2) is 7.54. The van der Waals surface area contributed by atoms with Crippen molar-refractivity contribution in [1.29, 1.82) is 0 Å². The van der Waals surface area contributed by atoms with Crippen molar-refractivity contribution in [2.75, 3.05) is 11.9 Å². The van der Waals surface area contributed by atoms with Crippen LogP contribution in [0, 0.1) is 28.8 Å². The van der Waals surface area contributed by atoms with Crippen LogP contribution in [-0.4, -0.2) is 17.4 Å². The lowest BCUT2D eigenvalue weighted by Gasteiger charge is -2.16. The van der Waals surface area contributed by atoms with Gasteiger partial charge in [-0.3, -0.25) is 14.9 Å². The molecule has 1 unspecified atom stereocenters. The molecule has 1 amide bonds. The van der Waals surface area contributed by atoms with Crippen LogP contribution in [-0.2, 0) is 11.2 Å². The number of nitrogens with zero attached hydrogens (tertiary/aromatic N) is 1. The molecule has 0 saturated heterocycles. The van der Waals surface area contributed by atoms with Gasteiger partial charge in [-0.05, 0) is 42.7 Å². The summed E-state index contributed by atoms with van der Waals surface area (Å²) in [6.45, 7) is 2.03. The fourth-order valence-corrected chi connectivity index (χ4v) is 2.37. The quantitative estimate of drug-likeness (QED) is 0.602. The Labute approximate surface area is 138 Å². The SMILES string of the molecule is Cc1cc([N+](=O)[O-])ccc1NCC(Cc1ccc(F)cc1)C(N)=O. The Morgan fingerprint density at radius 1 is 1.29 bits per heavy atom. The van der Waals surface area contributed by atoms with Gasteiger partial charge in [0.15, 0.2) is 0 Å². The molecule has 0 aromatic heterocycles. The number of nitro benzene ring substituents is 1. The highest BCUT2D eigenvalue weighted by Gasteiger charge is 2.17. The maximum absolute atomic E-state index is 12.9. The summed E-state index contributed by atoms with van der Waals surface area (Å²) in [5.41, 5.74) is 7.66. The molecule has 0 radical (unpaired) electrons. The molecule has 0 heterocycles. The van der Waals surface area contributed by atoms with Gasteiger partial charge < -0.3 is 11.1 Å². The lowest BCUT2D eigenvalue weighted by Crippen LogP contribution is -2.31. The van der Waals surface area contributed by atoms with Gasteiger partial charge in [-0.1, -0.05) is 12.1 Å². The van der Waals surface area contributed by atoms with Gasteiger partial charge in [0.1, 0.15) is 5.82 Å². The van der Waals surface area contributed by atoms with E-state index in [0.29, 0.717) is 17.7 Å². The number of nitro groups is 1. The zero-order valence-corrected chi connectivity index (χ0v) is 13.2. The van der Waals surface area contributed by atoms with E-state index in [2.05, 4.69) is 5.32 Å². The third-order valence-electron chi connectivity index (χ3n) is 3.76. The van der Waals surface area contributed by atoms with Crippen molar-refractivity contribution in [3.05, 3.63) is 69.5 Å². The van der Waals surface area contributed by atoms with Crippen LogP contribution in [0.25, 0.3) is 0 Å². The highest BCUT2D eigenvalue weighted by Crippen LogP contribution is 2.21. The van der Waals surface area contributed by atoms with Crippen LogP contribution >= 0.6 is 0 Å². The van der Waals surface area contributed by atoms with Gasteiger partial charge in [0.2, 0.25) is 5.91 Å². The Bertz CT molecular complexity index is 747. The van der Waals surface area contributed by atoms with E-state index < -0.39 is 16.7 Å². The zero-order valence-electron chi connectivity index (χ0n) is 13.2. The second-order valence-electron chi connectivity index (χ2n) is 5.57. The molecule has 0 aliphatic rings. The standard InChI is InChI=1S/C17H18FN3O3/c1-11-8-15(21(23)24)6-7-16(11)20-10-13(17(19)22)9-12-2-4-14(18)5-3-12/h2-8,13,20H,9-10H2,1H3,(H2,19,22). The Balaban J connectivity index is 2.05. The number of halogens is 1. The number of hydrogen-bond donors (Lipinski definition) is 2. The topological polar surface area (TPSA) is 98.3 Å². The largest absolute Gasteiger partial charge is 0.384 e. The minimum atomic E-state index is -0.481. The van der Waals surface area contributed by atoms with Gasteiger partial charge in [-0.25, -0.2) is 4.39 Å². The summed E-state index contributed by atoms with van der Waals surface area (Å²) in [5, 5.41) is 13.8. The molecule has 2 aromatic carbocycles. The highest BCUT2D eigenvalue weighted by molar-refractivity contribution is 5.77. The molecule has 126 valence electrons. The number of rotatable bonds is 7. The minimum Gasteiger partial charge on any atom is -0.384 e. The minimum absolute atomic E-state index is 0.0100. The molecule has 24 heavy (non-hydrogen) atoms. The van der Waals surface area contributed by atoms with Gasteiger partial charge in [-0.15, -0.1) is 0 Å². The maximum atomic E-state index is 12.9. The van der Waals surface area contributed by atoms with Crippen molar-refractivity contribution < 1.29 is 14.1 Å². The monoisotopic (exact) mass is 331 g/mol. The molecule has 1 atom stereocenters. The van der Waals surface area contributed by atoms with Gasteiger partial charge in [0.25, 0.3) is 5.69 Å². The van der Waals surface area contributed by atoms with E-state index in [1.54, 1.807) is 25.1 Å². The number of primary amides is 1. The zero-order chi connectivity index (χ0) is 17.7. The van der Waals surface area contributed by atoms with E-state index >= 15 is 0 Å². The number of carbonyl (C=O) groups excluding carboxylic acids is 1. The summed E-state index contributed by atoms with van der Waals surface area (Å²) < 4.78 is 12.9. The van der Waals surface area contributed by atoms with Gasteiger partial charge in [-0.2, -0.15) is 0 Å². The fraction of sp³-hybridized carbons (Fsp3) is 0.235. The van der Waals surface area contributed by atoms with E-state index in [4.69, 9.17) is 5.73 Å². The summed E-state index contributed by atoms with van der Waals surface area (Å²) in [6.07, 6.45) is 0.384. The van der Waals surface area contributed by atoms with Crippen LogP contribution < -0.4 is 11.1 Å². The molecule has 0 saturated carbocycles. The number of aryl methyl sites for hydroxylation is 1. The third-order valence-corrected chi connectivity index (χ3v) is 3.76. The van der Waals surface area contributed by atoms with Crippen molar-refractivity contribution in [1.82, 2.24) is 0 Å². The first-order chi connectivity index (χ1) is 11.4. The lowest BCUT2D eigenvalue weighted by atomic mass is 9.98. The molecular weight excluding hydrogens is 313 g/mol. The van der Waals surface area contributed by atoms with E-state index in [-0.39, 0.29) is 18.0 Å². The number of amides is 1. The number of nitrogens with one attached hydrogen (secondary N) is 1. The van der Waals surface area contributed by atoms with Crippen LogP contribution in [0.1, 0.15) is 11.1 Å². The number of benzene rings is 2. The van der Waals surface area contributed by atoms with Crippen molar-refractivity contribution in [2.24, 2.45) is 11.7 Å². The Hall–Kier alpha value is -2.96. The average molecular weight is 331 g/mol. The van der Waals surface area contributed by atoms with Crippen molar-refractivity contribution in [2.45, 2.75) is 13.3 Å². The van der Waals surface area contributed by atoms with Crippen LogP contribution in [0.5, 0.6) is 0 Å². The smallest absolute Gasteiger partial charge is 0.269 e. The molecule has 0 aliphatic carbocycles. The summed E-state index contributed by atoms with van der Waals surface area (Å²) in [6, 6.07) is 10.4. The predicted molar refractivity (Wildman–Crippen MR) is 89.1 cm³/mol. The van der Waals surface area contributed by atoms with Gasteiger partial charge >= 0.3 is 0 Å². The number of non-ortho nitro benzene ring substituents is 1. The first kappa shape index (κ1) is 17.4. The lowest BCUT2D eigenvalue weighted by molar-refractivity contribution is -0.384. The number of anilines is 1. The molecule has 6 nitrogen and oxygen atoms in total. The average Bonchev–Trinajstić information content (AvgIpc) is 2.53. The van der Waals surface area contributed by atoms with E-state index in [0.717, 1.165) is 5.56 Å². The van der Waals surface area contributed by atoms with Crippen LogP contribution in [0.2, 0.25) is 0 Å². The predicted octanol–water partition coefficient (Wildman–Crippen LogP) is 2.80. The molecule has 2 aromatic rings. The summed E-state index contributed by atoms with van der Waals surface area (Å²) in [7, 11) is 0. The molecule has 3 N–H and O–H groups in total. The Kier molecular flexibility index (Phi) is 5.47. The third kappa shape index (κ3) is 4.52. The van der Waals surface area contributed by atoms with E-state index in [1.807, 2.05) is 0 Å². The van der Waals surface area contributed by atoms with Gasteiger partial charge in [0, 0.05) is 24.4 Å².